The number of carbonyl (C=O) groups excluding carboxylic acids is 1. The molecule has 0 aliphatic carbocycles. The molecular formula is C22H30N2O3S. The number of ether oxygens (including phenoxy) is 1. The number of benzene rings is 1. The van der Waals surface area contributed by atoms with Gasteiger partial charge in [-0.1, -0.05) is 24.3 Å². The van der Waals surface area contributed by atoms with Gasteiger partial charge in [0.05, 0.1) is 46.2 Å². The fourth-order valence-corrected chi connectivity index (χ4v) is 3.72. The number of hydrogen-bond acceptors (Lipinski definition) is 4. The maximum Gasteiger partial charge on any atom is 0.307 e. The molecule has 1 N–H and O–H groups in total. The summed E-state index contributed by atoms with van der Waals surface area (Å²) in [4.78, 5) is 16.9. The Labute approximate surface area is 170 Å². The number of pyridine rings is 1. The van der Waals surface area contributed by atoms with Crippen LogP contribution in [0.1, 0.15) is 57.0 Å². The number of rotatable bonds is 7. The van der Waals surface area contributed by atoms with Gasteiger partial charge in [-0.05, 0) is 64.8 Å². The van der Waals surface area contributed by atoms with Crippen molar-refractivity contribution in [2.24, 2.45) is 0 Å². The lowest BCUT2D eigenvalue weighted by molar-refractivity contribution is -0.143. The zero-order valence-electron chi connectivity index (χ0n) is 17.5. The van der Waals surface area contributed by atoms with Crippen LogP contribution in [0.15, 0.2) is 36.4 Å². The van der Waals surface area contributed by atoms with Crippen LogP contribution in [0.25, 0.3) is 11.3 Å². The number of aromatic nitrogens is 1. The highest BCUT2D eigenvalue weighted by Crippen LogP contribution is 2.28. The number of nitrogens with one attached hydrogen (secondary N) is 1. The van der Waals surface area contributed by atoms with Crippen LogP contribution in [0.5, 0.6) is 0 Å². The van der Waals surface area contributed by atoms with Crippen LogP contribution < -0.4 is 4.72 Å². The normalized spacial score (nSPS) is 13.8. The van der Waals surface area contributed by atoms with Crippen molar-refractivity contribution in [3.05, 3.63) is 53.2 Å². The highest BCUT2D eigenvalue weighted by atomic mass is 32.2. The van der Waals surface area contributed by atoms with Crippen molar-refractivity contribution >= 4 is 17.0 Å². The summed E-state index contributed by atoms with van der Waals surface area (Å²) in [6.45, 7) is 11.9. The van der Waals surface area contributed by atoms with E-state index in [1.807, 2.05) is 45.0 Å². The van der Waals surface area contributed by atoms with Gasteiger partial charge >= 0.3 is 5.97 Å². The third-order valence-electron chi connectivity index (χ3n) is 4.35. The van der Waals surface area contributed by atoms with E-state index < -0.39 is 21.8 Å². The molecule has 2 rings (SSSR count). The van der Waals surface area contributed by atoms with Gasteiger partial charge in [-0.3, -0.25) is 9.78 Å². The summed E-state index contributed by atoms with van der Waals surface area (Å²) in [5.41, 5.74) is 4.86. The second-order valence-corrected chi connectivity index (χ2v) is 9.77. The van der Waals surface area contributed by atoms with Gasteiger partial charge in [0, 0.05) is 5.56 Å². The molecule has 0 saturated heterocycles. The molecule has 28 heavy (non-hydrogen) atoms. The van der Waals surface area contributed by atoms with E-state index in [0.29, 0.717) is 12.3 Å². The lowest BCUT2D eigenvalue weighted by Crippen LogP contribution is -2.37. The first-order chi connectivity index (χ1) is 13.1. The van der Waals surface area contributed by atoms with Crippen LogP contribution in [0.3, 0.4) is 0 Å². The van der Waals surface area contributed by atoms with E-state index in [1.165, 1.54) is 0 Å². The molecule has 0 aliphatic rings. The Kier molecular flexibility index (Phi) is 7.49. The fourth-order valence-electron chi connectivity index (χ4n) is 2.90. The average molecular weight is 403 g/mol. The Morgan fingerprint density at radius 1 is 1.14 bits per heavy atom. The molecule has 6 heteroatoms. The number of carbonyl (C=O) groups is 1. The second-order valence-electron chi connectivity index (χ2n) is 7.78. The summed E-state index contributed by atoms with van der Waals surface area (Å²) in [6.07, 6.45) is 0.0683. The van der Waals surface area contributed by atoms with E-state index in [-0.39, 0.29) is 12.4 Å². The summed E-state index contributed by atoms with van der Waals surface area (Å²) in [7, 11) is -1.35. The Morgan fingerprint density at radius 3 is 2.32 bits per heavy atom. The molecule has 1 unspecified atom stereocenters. The van der Waals surface area contributed by atoms with Gasteiger partial charge in [-0.25, -0.2) is 8.93 Å². The number of hydrogen-bond donors (Lipinski definition) is 1. The maximum absolute atomic E-state index is 12.7. The molecule has 0 amide bonds. The van der Waals surface area contributed by atoms with Crippen molar-refractivity contribution < 1.29 is 13.7 Å². The molecule has 0 aliphatic heterocycles. The molecule has 0 bridgehead atoms. The number of nitrogens with zero attached hydrogens (tertiary/aromatic N) is 1. The van der Waals surface area contributed by atoms with Crippen molar-refractivity contribution in [3.63, 3.8) is 0 Å². The van der Waals surface area contributed by atoms with E-state index in [2.05, 4.69) is 30.7 Å². The third-order valence-corrected chi connectivity index (χ3v) is 5.96. The summed E-state index contributed by atoms with van der Waals surface area (Å²) in [5, 5.41) is 0. The molecule has 2 aromatic rings. The lowest BCUT2D eigenvalue weighted by Gasteiger charge is -2.24. The monoisotopic (exact) mass is 402 g/mol. The van der Waals surface area contributed by atoms with Crippen molar-refractivity contribution in [2.45, 2.75) is 58.8 Å². The Morgan fingerprint density at radius 2 is 1.75 bits per heavy atom. The molecule has 1 heterocycles. The van der Waals surface area contributed by atoms with Crippen molar-refractivity contribution in [2.75, 3.05) is 6.61 Å². The zero-order valence-corrected chi connectivity index (χ0v) is 18.4. The molecular weight excluding hydrogens is 372 g/mol. The van der Waals surface area contributed by atoms with E-state index in [9.17, 15) is 9.00 Å². The third kappa shape index (κ3) is 5.72. The first-order valence-electron chi connectivity index (χ1n) is 9.50. The van der Waals surface area contributed by atoms with Gasteiger partial charge in [-0.15, -0.1) is 0 Å². The number of esters is 1. The molecule has 2 atom stereocenters. The molecule has 5 nitrogen and oxygen atoms in total. The highest BCUT2D eigenvalue weighted by molar-refractivity contribution is 7.84. The molecule has 1 aromatic carbocycles. The largest absolute Gasteiger partial charge is 0.466 e. The van der Waals surface area contributed by atoms with Crippen LogP contribution >= 0.6 is 0 Å². The van der Waals surface area contributed by atoms with Crippen molar-refractivity contribution in [1.82, 2.24) is 9.71 Å². The van der Waals surface area contributed by atoms with Crippen LogP contribution in [-0.4, -0.2) is 26.5 Å². The van der Waals surface area contributed by atoms with Crippen LogP contribution in [-0.2, 0) is 20.5 Å². The second kappa shape index (κ2) is 9.43. The van der Waals surface area contributed by atoms with Crippen LogP contribution in [0.2, 0.25) is 0 Å². The van der Waals surface area contributed by atoms with Gasteiger partial charge in [0.1, 0.15) is 0 Å². The molecule has 0 spiro atoms. The minimum absolute atomic E-state index is 0.0683. The predicted octanol–water partition coefficient (Wildman–Crippen LogP) is 4.41. The minimum atomic E-state index is -1.35. The smallest absolute Gasteiger partial charge is 0.307 e. The zero-order chi connectivity index (χ0) is 20.9. The first-order valence-corrected chi connectivity index (χ1v) is 10.7. The van der Waals surface area contributed by atoms with E-state index >= 15 is 0 Å². The fraction of sp³-hybridized carbons (Fsp3) is 0.455. The quantitative estimate of drug-likeness (QED) is 0.697. The molecule has 0 saturated carbocycles. The summed E-state index contributed by atoms with van der Waals surface area (Å²) < 4.78 is 20.4. The maximum atomic E-state index is 12.7. The Balaban J connectivity index is 2.42. The van der Waals surface area contributed by atoms with Crippen molar-refractivity contribution in [3.8, 4) is 11.3 Å². The Bertz CT molecular complexity index is 839. The van der Waals surface area contributed by atoms with E-state index in [4.69, 9.17) is 9.72 Å². The van der Waals surface area contributed by atoms with Gasteiger partial charge < -0.3 is 4.74 Å². The lowest BCUT2D eigenvalue weighted by atomic mass is 9.99. The Hall–Kier alpha value is -2.05. The number of aryl methyl sites for hydroxylation is 2. The van der Waals surface area contributed by atoms with E-state index in [0.717, 1.165) is 22.4 Å². The topological polar surface area (TPSA) is 68.3 Å². The molecule has 0 fully saturated rings. The summed E-state index contributed by atoms with van der Waals surface area (Å²) >= 11 is 0. The summed E-state index contributed by atoms with van der Waals surface area (Å²) in [6, 6.07) is 11.4. The SMILES string of the molecule is CCOC(=O)CC(N[S@](=O)C(C)(C)C)c1cccc(-c2c(C)cccc2C)n1. The average Bonchev–Trinajstić information content (AvgIpc) is 2.60. The first kappa shape index (κ1) is 22.2. The molecule has 152 valence electrons. The van der Waals surface area contributed by atoms with Gasteiger partial charge in [-0.2, -0.15) is 0 Å². The van der Waals surface area contributed by atoms with Gasteiger partial charge in [0.25, 0.3) is 0 Å². The predicted molar refractivity (Wildman–Crippen MR) is 114 cm³/mol. The summed E-state index contributed by atoms with van der Waals surface area (Å²) in [5.74, 6) is -0.342. The standard InChI is InChI=1S/C22H30N2O3S/c1-7-27-20(25)14-19(24-28(26)22(4,5)6)17-12-9-13-18(23-17)21-15(2)10-8-11-16(21)3/h8-13,19,24H,7,14H2,1-6H3/t19?,28-/m1/s1. The van der Waals surface area contributed by atoms with E-state index in [1.54, 1.807) is 6.92 Å². The van der Waals surface area contributed by atoms with Gasteiger partial charge in [0.2, 0.25) is 0 Å². The van der Waals surface area contributed by atoms with Crippen LogP contribution in [0, 0.1) is 13.8 Å². The highest BCUT2D eigenvalue weighted by Gasteiger charge is 2.26. The molecule has 1 aromatic heterocycles. The minimum Gasteiger partial charge on any atom is -0.466 e. The van der Waals surface area contributed by atoms with Crippen molar-refractivity contribution in [1.29, 1.82) is 0 Å². The van der Waals surface area contributed by atoms with Gasteiger partial charge in [0.15, 0.2) is 0 Å². The van der Waals surface area contributed by atoms with Crippen LogP contribution in [0.4, 0.5) is 0 Å². The molecule has 0 radical (unpaired) electrons.